The molecule has 0 bridgehead atoms. The van der Waals surface area contributed by atoms with Crippen molar-refractivity contribution in [3.63, 3.8) is 0 Å². The zero-order valence-corrected chi connectivity index (χ0v) is 9.62. The van der Waals surface area contributed by atoms with Gasteiger partial charge >= 0.3 is 0 Å². The van der Waals surface area contributed by atoms with Crippen LogP contribution < -0.4 is 15.2 Å². The maximum absolute atomic E-state index is 9.88. The maximum Gasteiger partial charge on any atom is 0.164 e. The van der Waals surface area contributed by atoms with Gasteiger partial charge in [-0.25, -0.2) is 0 Å². The minimum absolute atomic E-state index is 0.150. The third-order valence-corrected chi connectivity index (χ3v) is 2.56. The largest absolute Gasteiger partial charge is 0.507 e. The molecule has 1 aliphatic rings. The molecule has 0 unspecified atom stereocenters. The molecule has 16 heavy (non-hydrogen) atoms. The van der Waals surface area contributed by atoms with Gasteiger partial charge in [-0.2, -0.15) is 0 Å². The third kappa shape index (κ3) is 2.07. The monoisotopic (exact) mass is 223 g/mol. The Morgan fingerprint density at radius 2 is 1.75 bits per heavy atom. The zero-order chi connectivity index (χ0) is 11.8. The Morgan fingerprint density at radius 1 is 1.19 bits per heavy atom. The molecule has 0 aromatic heterocycles. The molecule has 4 heteroatoms. The van der Waals surface area contributed by atoms with Crippen LogP contribution in [0.15, 0.2) is 12.1 Å². The van der Waals surface area contributed by atoms with Crippen molar-refractivity contribution in [3.05, 3.63) is 17.7 Å². The molecule has 88 valence electrons. The maximum atomic E-state index is 9.88. The van der Waals surface area contributed by atoms with Crippen LogP contribution in [0.25, 0.3) is 0 Å². The zero-order valence-electron chi connectivity index (χ0n) is 9.62. The summed E-state index contributed by atoms with van der Waals surface area (Å²) in [4.78, 5) is 0. The first-order chi connectivity index (χ1) is 7.48. The molecular weight excluding hydrogens is 206 g/mol. The Balaban J connectivity index is 2.47. The summed E-state index contributed by atoms with van der Waals surface area (Å²) in [7, 11) is 0. The highest BCUT2D eigenvalue weighted by molar-refractivity contribution is 5.52. The van der Waals surface area contributed by atoms with E-state index in [4.69, 9.17) is 15.2 Å². The molecule has 1 aliphatic heterocycles. The van der Waals surface area contributed by atoms with Crippen molar-refractivity contribution in [1.29, 1.82) is 0 Å². The standard InChI is InChI=1S/C12H17NO3/c1-12(2,13)8-6-10-11(7-9(8)14)16-5-3-4-15-10/h6-7,14H,3-5,13H2,1-2H3. The lowest BCUT2D eigenvalue weighted by Crippen LogP contribution is -2.28. The molecule has 4 nitrogen and oxygen atoms in total. The van der Waals surface area contributed by atoms with Gasteiger partial charge in [-0.15, -0.1) is 0 Å². The van der Waals surface area contributed by atoms with E-state index in [9.17, 15) is 5.11 Å². The van der Waals surface area contributed by atoms with Crippen LogP contribution in [0.3, 0.4) is 0 Å². The van der Waals surface area contributed by atoms with Crippen molar-refractivity contribution < 1.29 is 14.6 Å². The predicted molar refractivity (Wildman–Crippen MR) is 60.9 cm³/mol. The van der Waals surface area contributed by atoms with Gasteiger partial charge in [-0.1, -0.05) is 0 Å². The molecule has 0 amide bonds. The lowest BCUT2D eigenvalue weighted by molar-refractivity contribution is 0.296. The Hall–Kier alpha value is -1.42. The average Bonchev–Trinajstić information content (AvgIpc) is 2.39. The van der Waals surface area contributed by atoms with Gasteiger partial charge in [0.05, 0.1) is 13.2 Å². The molecule has 1 heterocycles. The van der Waals surface area contributed by atoms with Crippen LogP contribution in [0, 0.1) is 0 Å². The number of rotatable bonds is 1. The average molecular weight is 223 g/mol. The molecule has 1 aromatic carbocycles. The van der Waals surface area contributed by atoms with E-state index >= 15 is 0 Å². The van der Waals surface area contributed by atoms with Gasteiger partial charge in [0.2, 0.25) is 0 Å². The van der Waals surface area contributed by atoms with Crippen LogP contribution in [0.5, 0.6) is 17.2 Å². The van der Waals surface area contributed by atoms with Crippen LogP contribution in [-0.2, 0) is 5.54 Å². The predicted octanol–water partition coefficient (Wildman–Crippen LogP) is 1.75. The van der Waals surface area contributed by atoms with Gasteiger partial charge in [0.15, 0.2) is 11.5 Å². The van der Waals surface area contributed by atoms with Crippen molar-refractivity contribution in [2.45, 2.75) is 25.8 Å². The summed E-state index contributed by atoms with van der Waals surface area (Å²) in [6.07, 6.45) is 0.844. The fourth-order valence-corrected chi connectivity index (χ4v) is 1.71. The van der Waals surface area contributed by atoms with Crippen LogP contribution in [-0.4, -0.2) is 18.3 Å². The molecule has 0 aliphatic carbocycles. The topological polar surface area (TPSA) is 64.7 Å². The van der Waals surface area contributed by atoms with Gasteiger partial charge in [-0.05, 0) is 19.9 Å². The highest BCUT2D eigenvalue weighted by atomic mass is 16.5. The second kappa shape index (κ2) is 3.87. The van der Waals surface area contributed by atoms with E-state index in [1.807, 2.05) is 13.8 Å². The summed E-state index contributed by atoms with van der Waals surface area (Å²) in [5.74, 6) is 1.39. The number of fused-ring (bicyclic) bond motifs is 1. The third-order valence-electron chi connectivity index (χ3n) is 2.56. The minimum atomic E-state index is -0.602. The van der Waals surface area contributed by atoms with E-state index < -0.39 is 5.54 Å². The molecule has 0 atom stereocenters. The highest BCUT2D eigenvalue weighted by Crippen LogP contribution is 2.39. The number of hydrogen-bond donors (Lipinski definition) is 2. The smallest absolute Gasteiger partial charge is 0.164 e. The molecule has 0 fully saturated rings. The van der Waals surface area contributed by atoms with E-state index in [2.05, 4.69) is 0 Å². The number of phenols is 1. The molecule has 0 saturated heterocycles. The molecule has 0 spiro atoms. The van der Waals surface area contributed by atoms with Crippen LogP contribution in [0.2, 0.25) is 0 Å². The van der Waals surface area contributed by atoms with Crippen molar-refractivity contribution in [2.75, 3.05) is 13.2 Å². The first-order valence-corrected chi connectivity index (χ1v) is 5.40. The summed E-state index contributed by atoms with van der Waals surface area (Å²) in [5.41, 5.74) is 6.03. The van der Waals surface area contributed by atoms with Crippen molar-refractivity contribution in [2.24, 2.45) is 5.73 Å². The Bertz CT molecular complexity index is 396. The number of aromatic hydroxyl groups is 1. The molecule has 2 rings (SSSR count). The van der Waals surface area contributed by atoms with Crippen molar-refractivity contribution in [1.82, 2.24) is 0 Å². The van der Waals surface area contributed by atoms with Gasteiger partial charge in [0, 0.05) is 23.6 Å². The number of phenolic OH excluding ortho intramolecular Hbond substituents is 1. The summed E-state index contributed by atoms with van der Waals surface area (Å²) in [6.45, 7) is 4.91. The minimum Gasteiger partial charge on any atom is -0.507 e. The fraction of sp³-hybridized carbons (Fsp3) is 0.500. The van der Waals surface area contributed by atoms with E-state index in [1.165, 1.54) is 0 Å². The second-order valence-corrected chi connectivity index (χ2v) is 4.59. The number of hydrogen-bond acceptors (Lipinski definition) is 4. The van der Waals surface area contributed by atoms with Gasteiger partial charge in [-0.3, -0.25) is 0 Å². The normalized spacial score (nSPS) is 15.7. The van der Waals surface area contributed by atoms with Crippen molar-refractivity contribution in [3.8, 4) is 17.2 Å². The lowest BCUT2D eigenvalue weighted by atomic mass is 9.94. The fourth-order valence-electron chi connectivity index (χ4n) is 1.71. The number of benzene rings is 1. The Labute approximate surface area is 95.0 Å². The number of ether oxygens (including phenoxy) is 2. The summed E-state index contributed by atoms with van der Waals surface area (Å²) >= 11 is 0. The van der Waals surface area contributed by atoms with Gasteiger partial charge in [0.25, 0.3) is 0 Å². The molecule has 3 N–H and O–H groups in total. The second-order valence-electron chi connectivity index (χ2n) is 4.59. The first-order valence-electron chi connectivity index (χ1n) is 5.40. The molecule has 0 saturated carbocycles. The SMILES string of the molecule is CC(C)(N)c1cc2c(cc1O)OCCCO2. The van der Waals surface area contributed by atoms with Crippen molar-refractivity contribution >= 4 is 0 Å². The van der Waals surface area contributed by atoms with E-state index in [0.29, 0.717) is 30.3 Å². The number of nitrogens with two attached hydrogens (primary N) is 1. The molecule has 0 radical (unpaired) electrons. The van der Waals surface area contributed by atoms with Crippen LogP contribution in [0.4, 0.5) is 0 Å². The summed E-state index contributed by atoms with van der Waals surface area (Å²) < 4.78 is 11.0. The van der Waals surface area contributed by atoms with E-state index in [-0.39, 0.29) is 5.75 Å². The van der Waals surface area contributed by atoms with E-state index in [1.54, 1.807) is 12.1 Å². The van der Waals surface area contributed by atoms with Gasteiger partial charge in [0.1, 0.15) is 5.75 Å². The lowest BCUT2D eigenvalue weighted by Gasteiger charge is -2.22. The van der Waals surface area contributed by atoms with Crippen LogP contribution in [0.1, 0.15) is 25.8 Å². The summed E-state index contributed by atoms with van der Waals surface area (Å²) in [5, 5.41) is 9.88. The highest BCUT2D eigenvalue weighted by Gasteiger charge is 2.22. The van der Waals surface area contributed by atoms with E-state index in [0.717, 1.165) is 6.42 Å². The quantitative estimate of drug-likeness (QED) is 0.761. The first kappa shape index (κ1) is 11.1. The summed E-state index contributed by atoms with van der Waals surface area (Å²) in [6, 6.07) is 3.33. The van der Waals surface area contributed by atoms with Crippen LogP contribution >= 0.6 is 0 Å². The Morgan fingerprint density at radius 3 is 2.31 bits per heavy atom. The Kier molecular flexibility index (Phi) is 2.68. The van der Waals surface area contributed by atoms with Gasteiger partial charge < -0.3 is 20.3 Å². The molecule has 1 aromatic rings. The molecular formula is C12H17NO3.